The maximum absolute atomic E-state index is 5.73. The monoisotopic (exact) mass is 344 g/mol. The van der Waals surface area contributed by atoms with Crippen LogP contribution in [0.5, 0.6) is 0 Å². The topological polar surface area (TPSA) is 9.23 Å². The minimum absolute atomic E-state index is 0.103. The van der Waals surface area contributed by atoms with Gasteiger partial charge in [-0.05, 0) is 42.4 Å². The highest BCUT2D eigenvalue weighted by Gasteiger charge is 2.38. The van der Waals surface area contributed by atoms with Crippen LogP contribution >= 0.6 is 15.9 Å². The van der Waals surface area contributed by atoms with E-state index in [9.17, 15) is 0 Å². The van der Waals surface area contributed by atoms with Gasteiger partial charge in [0.25, 0.3) is 0 Å². The van der Waals surface area contributed by atoms with Crippen LogP contribution in [0.4, 0.5) is 0 Å². The maximum Gasteiger partial charge on any atom is 0.0692 e. The van der Waals surface area contributed by atoms with Gasteiger partial charge in [0.15, 0.2) is 0 Å². The average Bonchev–Trinajstić information content (AvgIpc) is 2.52. The fourth-order valence-corrected chi connectivity index (χ4v) is 3.92. The smallest absolute Gasteiger partial charge is 0.0692 e. The molecule has 0 N–H and O–H groups in total. The molecule has 0 radical (unpaired) electrons. The number of methoxy groups -OCH3 is 1. The van der Waals surface area contributed by atoms with E-state index in [2.05, 4.69) is 70.5 Å². The number of rotatable bonds is 5. The molecule has 0 aliphatic heterocycles. The first-order valence-electron chi connectivity index (χ1n) is 7.57. The lowest BCUT2D eigenvalue weighted by atomic mass is 9.76. The van der Waals surface area contributed by atoms with E-state index in [0.717, 1.165) is 6.42 Å². The molecule has 21 heavy (non-hydrogen) atoms. The number of hydrogen-bond acceptors (Lipinski definition) is 1. The zero-order chi connectivity index (χ0) is 14.7. The van der Waals surface area contributed by atoms with Crippen LogP contribution in [0.15, 0.2) is 54.6 Å². The lowest BCUT2D eigenvalue weighted by Crippen LogP contribution is -2.39. The Morgan fingerprint density at radius 2 is 1.62 bits per heavy atom. The molecule has 2 aromatic carbocycles. The molecule has 1 atom stereocenters. The minimum Gasteiger partial charge on any atom is -0.378 e. The van der Waals surface area contributed by atoms with Gasteiger partial charge in [0.05, 0.1) is 5.60 Å². The number of hydrogen-bond donors (Lipinski definition) is 0. The molecule has 0 saturated heterocycles. The first kappa shape index (κ1) is 14.8. The lowest BCUT2D eigenvalue weighted by Gasteiger charge is -2.42. The summed E-state index contributed by atoms with van der Waals surface area (Å²) in [5, 5.41) is 0. The van der Waals surface area contributed by atoms with E-state index in [1.54, 1.807) is 0 Å². The molecule has 2 aromatic rings. The Morgan fingerprint density at radius 1 is 1.00 bits per heavy atom. The van der Waals surface area contributed by atoms with Crippen LogP contribution < -0.4 is 0 Å². The Labute approximate surface area is 135 Å². The summed E-state index contributed by atoms with van der Waals surface area (Å²) in [6.45, 7) is 0. The van der Waals surface area contributed by atoms with Gasteiger partial charge < -0.3 is 4.74 Å². The first-order valence-corrected chi connectivity index (χ1v) is 8.49. The third-order valence-electron chi connectivity index (χ3n) is 4.63. The van der Waals surface area contributed by atoms with E-state index >= 15 is 0 Å². The number of ether oxygens (including phenoxy) is 1. The van der Waals surface area contributed by atoms with Gasteiger partial charge in [0.1, 0.15) is 0 Å². The molecule has 0 heterocycles. The van der Waals surface area contributed by atoms with Crippen molar-refractivity contribution in [3.05, 3.63) is 60.2 Å². The van der Waals surface area contributed by atoms with Crippen molar-refractivity contribution in [1.82, 2.24) is 0 Å². The Bertz CT molecular complexity index is 567. The summed E-state index contributed by atoms with van der Waals surface area (Å²) in [7, 11) is 1.84. The average molecular weight is 345 g/mol. The maximum atomic E-state index is 5.73. The third-order valence-corrected chi connectivity index (χ3v) is 5.48. The molecule has 0 bridgehead atoms. The molecule has 1 unspecified atom stereocenters. The number of benzene rings is 2. The van der Waals surface area contributed by atoms with Gasteiger partial charge in [0.2, 0.25) is 0 Å². The third kappa shape index (κ3) is 3.22. The van der Waals surface area contributed by atoms with Crippen LogP contribution in [-0.2, 0) is 4.74 Å². The molecule has 2 heteroatoms. The molecule has 0 amide bonds. The molecule has 110 valence electrons. The molecule has 1 saturated carbocycles. The molecule has 0 aromatic heterocycles. The molecular formula is C19H21BrO. The Balaban J connectivity index is 1.72. The van der Waals surface area contributed by atoms with Crippen molar-refractivity contribution in [2.24, 2.45) is 0 Å². The lowest BCUT2D eigenvalue weighted by molar-refractivity contribution is -0.0773. The Hall–Kier alpha value is -1.12. The highest BCUT2D eigenvalue weighted by Crippen LogP contribution is 2.44. The quantitative estimate of drug-likeness (QED) is 0.627. The largest absolute Gasteiger partial charge is 0.378 e. The number of alkyl halides is 1. The van der Waals surface area contributed by atoms with Crippen molar-refractivity contribution in [1.29, 1.82) is 0 Å². The molecular weight excluding hydrogens is 324 g/mol. The van der Waals surface area contributed by atoms with Crippen LogP contribution in [0.25, 0.3) is 11.1 Å². The molecule has 3 rings (SSSR count). The van der Waals surface area contributed by atoms with Crippen molar-refractivity contribution in [3.8, 4) is 11.1 Å². The summed E-state index contributed by atoms with van der Waals surface area (Å²) in [4.78, 5) is 0.363. The van der Waals surface area contributed by atoms with Crippen molar-refractivity contribution >= 4 is 15.9 Å². The van der Waals surface area contributed by atoms with Crippen LogP contribution in [0.2, 0.25) is 0 Å². The van der Waals surface area contributed by atoms with Gasteiger partial charge >= 0.3 is 0 Å². The van der Waals surface area contributed by atoms with Crippen molar-refractivity contribution < 1.29 is 4.74 Å². The minimum atomic E-state index is 0.103. The Kier molecular flexibility index (Phi) is 4.46. The standard InChI is InChI=1S/C19H21BrO/c1-21-19(12-5-13-19)14-18(20)17-10-8-16(9-11-17)15-6-3-2-4-7-15/h2-4,6-11,18H,5,12-14H2,1H3. The fourth-order valence-electron chi connectivity index (χ4n) is 3.02. The van der Waals surface area contributed by atoms with E-state index < -0.39 is 0 Å². The zero-order valence-electron chi connectivity index (χ0n) is 12.4. The molecule has 1 nitrogen and oxygen atoms in total. The highest BCUT2D eigenvalue weighted by atomic mass is 79.9. The summed E-state index contributed by atoms with van der Waals surface area (Å²) in [5.74, 6) is 0. The van der Waals surface area contributed by atoms with E-state index in [1.807, 2.05) is 7.11 Å². The Morgan fingerprint density at radius 3 is 2.14 bits per heavy atom. The van der Waals surface area contributed by atoms with E-state index in [-0.39, 0.29) is 5.60 Å². The SMILES string of the molecule is COC1(CC(Br)c2ccc(-c3ccccc3)cc2)CCC1. The summed E-state index contributed by atoms with van der Waals surface area (Å²) in [6.07, 6.45) is 4.72. The summed E-state index contributed by atoms with van der Waals surface area (Å²) in [6, 6.07) is 19.4. The van der Waals surface area contributed by atoms with E-state index in [0.29, 0.717) is 4.83 Å². The number of halogens is 1. The first-order chi connectivity index (χ1) is 10.2. The zero-order valence-corrected chi connectivity index (χ0v) is 14.0. The summed E-state index contributed by atoms with van der Waals surface area (Å²) < 4.78 is 5.73. The fraction of sp³-hybridized carbons (Fsp3) is 0.368. The van der Waals surface area contributed by atoms with Gasteiger partial charge in [0, 0.05) is 11.9 Å². The van der Waals surface area contributed by atoms with Crippen molar-refractivity contribution in [2.75, 3.05) is 7.11 Å². The second-order valence-electron chi connectivity index (χ2n) is 5.90. The summed E-state index contributed by atoms with van der Waals surface area (Å²) >= 11 is 3.84. The van der Waals surface area contributed by atoms with E-state index in [1.165, 1.54) is 36.0 Å². The second kappa shape index (κ2) is 6.33. The van der Waals surface area contributed by atoms with Crippen LogP contribution in [0.1, 0.15) is 36.1 Å². The molecule has 1 fully saturated rings. The van der Waals surface area contributed by atoms with Gasteiger partial charge in [-0.2, -0.15) is 0 Å². The highest BCUT2D eigenvalue weighted by molar-refractivity contribution is 9.09. The van der Waals surface area contributed by atoms with E-state index in [4.69, 9.17) is 4.74 Å². The van der Waals surface area contributed by atoms with Gasteiger partial charge in [-0.15, -0.1) is 0 Å². The molecule has 1 aliphatic carbocycles. The second-order valence-corrected chi connectivity index (χ2v) is 7.01. The predicted octanol–water partition coefficient (Wildman–Crippen LogP) is 5.75. The molecule has 0 spiro atoms. The van der Waals surface area contributed by atoms with Crippen LogP contribution in [0.3, 0.4) is 0 Å². The van der Waals surface area contributed by atoms with Crippen molar-refractivity contribution in [2.45, 2.75) is 36.1 Å². The normalized spacial score (nSPS) is 18.0. The predicted molar refractivity (Wildman–Crippen MR) is 91.8 cm³/mol. The van der Waals surface area contributed by atoms with Gasteiger partial charge in [-0.1, -0.05) is 70.5 Å². The van der Waals surface area contributed by atoms with Gasteiger partial charge in [-0.3, -0.25) is 0 Å². The van der Waals surface area contributed by atoms with Crippen LogP contribution in [-0.4, -0.2) is 12.7 Å². The van der Waals surface area contributed by atoms with Crippen molar-refractivity contribution in [3.63, 3.8) is 0 Å². The van der Waals surface area contributed by atoms with Crippen LogP contribution in [0, 0.1) is 0 Å². The molecule has 1 aliphatic rings. The van der Waals surface area contributed by atoms with Gasteiger partial charge in [-0.25, -0.2) is 0 Å². The summed E-state index contributed by atoms with van der Waals surface area (Å²) in [5.41, 5.74) is 3.97.